The number of rotatable bonds is 7. The lowest BCUT2D eigenvalue weighted by atomic mass is 10.1. The molecule has 1 aromatic rings. The van der Waals surface area contributed by atoms with Crippen molar-refractivity contribution in [2.45, 2.75) is 38.8 Å². The number of halogens is 1. The van der Waals surface area contributed by atoms with E-state index in [0.29, 0.717) is 6.42 Å². The van der Waals surface area contributed by atoms with Crippen molar-refractivity contribution >= 4 is 5.91 Å². The first-order chi connectivity index (χ1) is 9.08. The van der Waals surface area contributed by atoms with Gasteiger partial charge in [0.15, 0.2) is 17.7 Å². The van der Waals surface area contributed by atoms with Crippen molar-refractivity contribution in [3.63, 3.8) is 0 Å². The molecule has 4 nitrogen and oxygen atoms in total. The fraction of sp³-hybridized carbons (Fsp3) is 0.500. The van der Waals surface area contributed by atoms with E-state index in [1.807, 2.05) is 6.92 Å². The van der Waals surface area contributed by atoms with E-state index in [1.165, 1.54) is 12.1 Å². The van der Waals surface area contributed by atoms with Gasteiger partial charge < -0.3 is 15.2 Å². The summed E-state index contributed by atoms with van der Waals surface area (Å²) in [4.78, 5) is 11.9. The summed E-state index contributed by atoms with van der Waals surface area (Å²) in [6, 6.07) is 5.86. The minimum Gasteiger partial charge on any atom is -0.478 e. The minimum absolute atomic E-state index is 0.0152. The largest absolute Gasteiger partial charge is 0.478 e. The molecule has 106 valence electrons. The molecule has 0 radical (unpaired) electrons. The first kappa shape index (κ1) is 15.4. The number of carbonyl (C=O) groups excluding carboxylic acids is 1. The van der Waals surface area contributed by atoms with Gasteiger partial charge in [0.2, 0.25) is 0 Å². The quantitative estimate of drug-likeness (QED) is 0.794. The van der Waals surface area contributed by atoms with Crippen LogP contribution in [-0.2, 0) is 4.79 Å². The van der Waals surface area contributed by atoms with Gasteiger partial charge in [0.25, 0.3) is 5.91 Å². The van der Waals surface area contributed by atoms with Crippen LogP contribution in [0, 0.1) is 5.82 Å². The van der Waals surface area contributed by atoms with Crippen molar-refractivity contribution in [2.75, 3.05) is 6.61 Å². The fourth-order valence-corrected chi connectivity index (χ4v) is 1.64. The van der Waals surface area contributed by atoms with Crippen molar-refractivity contribution in [1.82, 2.24) is 5.32 Å². The molecule has 0 spiro atoms. The average molecular weight is 269 g/mol. The van der Waals surface area contributed by atoms with Gasteiger partial charge in [-0.1, -0.05) is 19.1 Å². The summed E-state index contributed by atoms with van der Waals surface area (Å²) >= 11 is 0. The zero-order chi connectivity index (χ0) is 14.3. The number of hydrogen-bond donors (Lipinski definition) is 2. The molecule has 19 heavy (non-hydrogen) atoms. The number of hydrogen-bond acceptors (Lipinski definition) is 3. The van der Waals surface area contributed by atoms with Crippen LogP contribution < -0.4 is 10.1 Å². The van der Waals surface area contributed by atoms with Crippen molar-refractivity contribution in [2.24, 2.45) is 0 Å². The van der Waals surface area contributed by atoms with Gasteiger partial charge >= 0.3 is 0 Å². The Kier molecular flexibility index (Phi) is 6.29. The van der Waals surface area contributed by atoms with Gasteiger partial charge in [-0.15, -0.1) is 0 Å². The van der Waals surface area contributed by atoms with Crippen LogP contribution in [0.25, 0.3) is 0 Å². The number of amides is 1. The van der Waals surface area contributed by atoms with Crippen LogP contribution in [0.3, 0.4) is 0 Å². The van der Waals surface area contributed by atoms with Gasteiger partial charge in [-0.25, -0.2) is 4.39 Å². The molecule has 1 aromatic carbocycles. The van der Waals surface area contributed by atoms with Crippen molar-refractivity contribution in [3.05, 3.63) is 30.1 Å². The predicted octanol–water partition coefficient (Wildman–Crippen LogP) is 1.87. The van der Waals surface area contributed by atoms with E-state index >= 15 is 0 Å². The zero-order valence-corrected chi connectivity index (χ0v) is 11.2. The van der Waals surface area contributed by atoms with Gasteiger partial charge in [0.1, 0.15) is 0 Å². The highest BCUT2D eigenvalue weighted by Crippen LogP contribution is 2.17. The monoisotopic (exact) mass is 269 g/mol. The SMILES string of the molecule is CCC(CCO)NC(=O)C(C)Oc1ccccc1F. The van der Waals surface area contributed by atoms with Gasteiger partial charge in [0.05, 0.1) is 0 Å². The molecular formula is C14H20FNO3. The number of aliphatic hydroxyl groups is 1. The molecule has 0 heterocycles. The maximum Gasteiger partial charge on any atom is 0.260 e. The molecule has 5 heteroatoms. The number of carbonyl (C=O) groups is 1. The molecule has 2 atom stereocenters. The number of aliphatic hydroxyl groups excluding tert-OH is 1. The highest BCUT2D eigenvalue weighted by molar-refractivity contribution is 5.81. The molecule has 1 rings (SSSR count). The molecule has 0 aliphatic heterocycles. The summed E-state index contributed by atoms with van der Waals surface area (Å²) in [7, 11) is 0. The maximum absolute atomic E-state index is 13.4. The minimum atomic E-state index is -0.787. The third-order valence-corrected chi connectivity index (χ3v) is 2.83. The van der Waals surface area contributed by atoms with Crippen LogP contribution in [-0.4, -0.2) is 29.8 Å². The first-order valence-electron chi connectivity index (χ1n) is 6.40. The second-order valence-corrected chi connectivity index (χ2v) is 4.32. The fourth-order valence-electron chi connectivity index (χ4n) is 1.64. The van der Waals surface area contributed by atoms with Gasteiger partial charge in [-0.2, -0.15) is 0 Å². The van der Waals surface area contributed by atoms with Crippen LogP contribution in [0.1, 0.15) is 26.7 Å². The van der Waals surface area contributed by atoms with E-state index in [1.54, 1.807) is 19.1 Å². The molecule has 2 N–H and O–H groups in total. The average Bonchev–Trinajstić information content (AvgIpc) is 2.40. The summed E-state index contributed by atoms with van der Waals surface area (Å²) in [5, 5.41) is 11.6. The van der Waals surface area contributed by atoms with Crippen LogP contribution >= 0.6 is 0 Å². The molecule has 0 fully saturated rings. The lowest BCUT2D eigenvalue weighted by Gasteiger charge is -2.20. The molecule has 0 saturated heterocycles. The van der Waals surface area contributed by atoms with Crippen LogP contribution in [0.4, 0.5) is 4.39 Å². The molecule has 0 aliphatic rings. The Hall–Kier alpha value is -1.62. The van der Waals surface area contributed by atoms with Crippen molar-refractivity contribution in [3.8, 4) is 5.75 Å². The van der Waals surface area contributed by atoms with Gasteiger partial charge in [0, 0.05) is 12.6 Å². The predicted molar refractivity (Wildman–Crippen MR) is 70.4 cm³/mol. The van der Waals surface area contributed by atoms with Crippen molar-refractivity contribution < 1.29 is 19.0 Å². The lowest BCUT2D eigenvalue weighted by Crippen LogP contribution is -2.42. The smallest absolute Gasteiger partial charge is 0.260 e. The normalized spacial score (nSPS) is 13.7. The van der Waals surface area contributed by atoms with E-state index in [9.17, 15) is 9.18 Å². The Morgan fingerprint density at radius 1 is 1.47 bits per heavy atom. The zero-order valence-electron chi connectivity index (χ0n) is 11.2. The number of ether oxygens (including phenoxy) is 1. The Bertz CT molecular complexity index is 411. The summed E-state index contributed by atoms with van der Waals surface area (Å²) < 4.78 is 18.7. The second kappa shape index (κ2) is 7.74. The topological polar surface area (TPSA) is 58.6 Å². The van der Waals surface area contributed by atoms with Gasteiger partial charge in [-0.3, -0.25) is 4.79 Å². The molecule has 0 saturated carbocycles. The summed E-state index contributed by atoms with van der Waals surface area (Å²) in [6.07, 6.45) is 0.428. The number of nitrogens with one attached hydrogen (secondary N) is 1. The third-order valence-electron chi connectivity index (χ3n) is 2.83. The molecule has 0 aliphatic carbocycles. The number of para-hydroxylation sites is 1. The standard InChI is InChI=1S/C14H20FNO3/c1-3-11(8-9-17)16-14(18)10(2)19-13-7-5-4-6-12(13)15/h4-7,10-11,17H,3,8-9H2,1-2H3,(H,16,18). The van der Waals surface area contributed by atoms with Gasteiger partial charge in [-0.05, 0) is 31.9 Å². The molecule has 2 unspecified atom stereocenters. The Balaban J connectivity index is 2.55. The highest BCUT2D eigenvalue weighted by Gasteiger charge is 2.19. The molecule has 1 amide bonds. The summed E-state index contributed by atoms with van der Waals surface area (Å²) in [5.74, 6) is -0.756. The Morgan fingerprint density at radius 2 is 2.16 bits per heavy atom. The number of benzene rings is 1. The highest BCUT2D eigenvalue weighted by atomic mass is 19.1. The van der Waals surface area contributed by atoms with E-state index in [4.69, 9.17) is 9.84 Å². The van der Waals surface area contributed by atoms with Crippen LogP contribution in [0.15, 0.2) is 24.3 Å². The van der Waals surface area contributed by atoms with E-state index in [0.717, 1.165) is 6.42 Å². The van der Waals surface area contributed by atoms with Crippen LogP contribution in [0.5, 0.6) is 5.75 Å². The Morgan fingerprint density at radius 3 is 2.74 bits per heavy atom. The first-order valence-corrected chi connectivity index (χ1v) is 6.40. The van der Waals surface area contributed by atoms with Crippen molar-refractivity contribution in [1.29, 1.82) is 0 Å². The summed E-state index contributed by atoms with van der Waals surface area (Å²) in [6.45, 7) is 3.50. The molecule has 0 bridgehead atoms. The lowest BCUT2D eigenvalue weighted by molar-refractivity contribution is -0.128. The van der Waals surface area contributed by atoms with E-state index < -0.39 is 11.9 Å². The third kappa shape index (κ3) is 4.87. The van der Waals surface area contributed by atoms with Crippen LogP contribution in [0.2, 0.25) is 0 Å². The second-order valence-electron chi connectivity index (χ2n) is 4.32. The molecular weight excluding hydrogens is 249 g/mol. The van der Waals surface area contributed by atoms with E-state index in [2.05, 4.69) is 5.32 Å². The Labute approximate surface area is 112 Å². The maximum atomic E-state index is 13.4. The van der Waals surface area contributed by atoms with E-state index in [-0.39, 0.29) is 24.3 Å². The summed E-state index contributed by atoms with van der Waals surface area (Å²) in [5.41, 5.74) is 0. The molecule has 0 aromatic heterocycles.